The fourth-order valence-electron chi connectivity index (χ4n) is 4.43. The number of carbonyl (C=O) groups excluding carboxylic acids is 2. The minimum absolute atomic E-state index is 0.0456. The van der Waals surface area contributed by atoms with Crippen LogP contribution in [0.4, 0.5) is 23.2 Å². The van der Waals surface area contributed by atoms with E-state index in [2.05, 4.69) is 10.6 Å². The van der Waals surface area contributed by atoms with Crippen LogP contribution >= 0.6 is 0 Å². The van der Waals surface area contributed by atoms with E-state index >= 15 is 0 Å². The number of anilines is 1. The number of alkyl halides is 3. The third-order valence-corrected chi connectivity index (χ3v) is 6.62. The summed E-state index contributed by atoms with van der Waals surface area (Å²) in [6.07, 6.45) is -3.31. The molecule has 1 saturated carbocycles. The summed E-state index contributed by atoms with van der Waals surface area (Å²) in [5.74, 6) is -2.65. The van der Waals surface area contributed by atoms with Gasteiger partial charge in [-0.3, -0.25) is 9.59 Å². The highest BCUT2D eigenvalue weighted by atomic mass is 19.4. The van der Waals surface area contributed by atoms with Crippen LogP contribution in [-0.2, 0) is 16.0 Å². The molecule has 2 amide bonds. The van der Waals surface area contributed by atoms with Crippen molar-refractivity contribution >= 4 is 17.5 Å². The number of amides is 2. The van der Waals surface area contributed by atoms with Crippen molar-refractivity contribution in [2.75, 3.05) is 19.0 Å². The summed E-state index contributed by atoms with van der Waals surface area (Å²) in [5.41, 5.74) is 1.22. The van der Waals surface area contributed by atoms with Crippen molar-refractivity contribution in [3.8, 4) is 11.1 Å². The summed E-state index contributed by atoms with van der Waals surface area (Å²) in [6, 6.07) is 11.8. The zero-order chi connectivity index (χ0) is 25.1. The third-order valence-electron chi connectivity index (χ3n) is 6.62. The van der Waals surface area contributed by atoms with Crippen LogP contribution in [0.5, 0.6) is 0 Å². The van der Waals surface area contributed by atoms with Gasteiger partial charge in [-0.25, -0.2) is 4.39 Å². The van der Waals surface area contributed by atoms with Crippen LogP contribution in [-0.4, -0.2) is 43.7 Å². The fourth-order valence-corrected chi connectivity index (χ4v) is 4.43. The zero-order valence-corrected chi connectivity index (χ0v) is 19.4. The molecule has 0 saturated heterocycles. The Hall–Kier alpha value is -2.94. The normalized spacial score (nSPS) is 20.6. The van der Waals surface area contributed by atoms with E-state index in [4.69, 9.17) is 0 Å². The molecule has 0 atom stereocenters. The molecule has 3 rings (SSSR count). The van der Waals surface area contributed by atoms with Gasteiger partial charge in [-0.05, 0) is 80.1 Å². The Labute approximate surface area is 196 Å². The maximum absolute atomic E-state index is 14.8. The first kappa shape index (κ1) is 25.7. The highest BCUT2D eigenvalue weighted by molar-refractivity contribution is 5.91. The highest BCUT2D eigenvalue weighted by Crippen LogP contribution is 2.35. The molecule has 184 valence electrons. The lowest BCUT2D eigenvalue weighted by Crippen LogP contribution is -2.57. The summed E-state index contributed by atoms with van der Waals surface area (Å²) in [7, 11) is 3.44. The summed E-state index contributed by atoms with van der Waals surface area (Å²) in [5, 5.41) is 5.30. The third kappa shape index (κ3) is 5.94. The number of rotatable bonds is 6. The molecule has 0 aliphatic heterocycles. The van der Waals surface area contributed by atoms with E-state index in [-0.39, 0.29) is 23.9 Å². The van der Waals surface area contributed by atoms with E-state index in [0.29, 0.717) is 36.9 Å². The van der Waals surface area contributed by atoms with Gasteiger partial charge in [0.15, 0.2) is 0 Å². The Morgan fingerprint density at radius 3 is 2.18 bits per heavy atom. The van der Waals surface area contributed by atoms with Crippen molar-refractivity contribution in [3.63, 3.8) is 0 Å². The van der Waals surface area contributed by atoms with E-state index in [9.17, 15) is 27.2 Å². The zero-order valence-electron chi connectivity index (χ0n) is 19.4. The minimum Gasteiger partial charge on any atom is -0.343 e. The second-order valence-corrected chi connectivity index (χ2v) is 8.90. The predicted octanol–water partition coefficient (Wildman–Crippen LogP) is 4.60. The molecule has 5 nitrogen and oxygen atoms in total. The van der Waals surface area contributed by atoms with E-state index in [1.54, 1.807) is 50.5 Å². The highest BCUT2D eigenvalue weighted by Gasteiger charge is 2.45. The van der Waals surface area contributed by atoms with Gasteiger partial charge in [0, 0.05) is 31.2 Å². The van der Waals surface area contributed by atoms with Crippen molar-refractivity contribution in [2.24, 2.45) is 0 Å². The molecular weight excluding hydrogens is 450 g/mol. The first-order valence-electron chi connectivity index (χ1n) is 11.1. The molecule has 0 unspecified atom stereocenters. The molecule has 1 aliphatic rings. The van der Waals surface area contributed by atoms with Gasteiger partial charge in [0.05, 0.1) is 0 Å². The maximum Gasteiger partial charge on any atom is 0.471 e. The average molecular weight is 480 g/mol. The Bertz CT molecular complexity index is 1030. The molecule has 0 bridgehead atoms. The second kappa shape index (κ2) is 10.1. The number of hydrogen-bond acceptors (Lipinski definition) is 3. The lowest BCUT2D eigenvalue weighted by molar-refractivity contribution is -0.176. The van der Waals surface area contributed by atoms with Gasteiger partial charge in [-0.2, -0.15) is 13.2 Å². The quantitative estimate of drug-likeness (QED) is 0.596. The van der Waals surface area contributed by atoms with Gasteiger partial charge in [0.2, 0.25) is 5.91 Å². The van der Waals surface area contributed by atoms with Gasteiger partial charge < -0.3 is 15.5 Å². The predicted molar refractivity (Wildman–Crippen MR) is 123 cm³/mol. The SMILES string of the molecule is CNC1CCC(Cc2cc(-c3ccc(N(C)C(C)=O)cc3)ccc2F)(NC(=O)C(F)(F)F)CC1. The van der Waals surface area contributed by atoms with Crippen LogP contribution < -0.4 is 15.5 Å². The number of carbonyl (C=O) groups is 2. The molecule has 0 aromatic heterocycles. The molecule has 2 aromatic carbocycles. The summed E-state index contributed by atoms with van der Waals surface area (Å²) < 4.78 is 53.9. The van der Waals surface area contributed by atoms with Crippen molar-refractivity contribution in [1.29, 1.82) is 0 Å². The molecule has 0 radical (unpaired) electrons. The molecule has 34 heavy (non-hydrogen) atoms. The van der Waals surface area contributed by atoms with Crippen molar-refractivity contribution in [2.45, 2.75) is 56.8 Å². The van der Waals surface area contributed by atoms with Gasteiger partial charge in [-0.15, -0.1) is 0 Å². The lowest BCUT2D eigenvalue weighted by atomic mass is 9.75. The first-order chi connectivity index (χ1) is 15.9. The number of benzene rings is 2. The second-order valence-electron chi connectivity index (χ2n) is 8.90. The average Bonchev–Trinajstić information content (AvgIpc) is 2.80. The summed E-state index contributed by atoms with van der Waals surface area (Å²) in [4.78, 5) is 24.9. The van der Waals surface area contributed by atoms with Crippen LogP contribution in [0.25, 0.3) is 11.1 Å². The van der Waals surface area contributed by atoms with Crippen LogP contribution in [0.1, 0.15) is 38.2 Å². The monoisotopic (exact) mass is 479 g/mol. The topological polar surface area (TPSA) is 61.4 Å². The van der Waals surface area contributed by atoms with E-state index in [0.717, 1.165) is 5.56 Å². The van der Waals surface area contributed by atoms with Crippen molar-refractivity contribution in [1.82, 2.24) is 10.6 Å². The van der Waals surface area contributed by atoms with E-state index in [1.165, 1.54) is 17.9 Å². The van der Waals surface area contributed by atoms with Gasteiger partial charge in [0.1, 0.15) is 5.82 Å². The summed E-state index contributed by atoms with van der Waals surface area (Å²) >= 11 is 0. The molecule has 2 aromatic rings. The maximum atomic E-state index is 14.8. The van der Waals surface area contributed by atoms with Crippen LogP contribution in [0.15, 0.2) is 42.5 Å². The Balaban J connectivity index is 1.89. The largest absolute Gasteiger partial charge is 0.471 e. The minimum atomic E-state index is -5.01. The molecule has 9 heteroatoms. The Morgan fingerprint density at radius 2 is 1.65 bits per heavy atom. The number of nitrogens with zero attached hydrogens (tertiary/aromatic N) is 1. The van der Waals surface area contributed by atoms with Gasteiger partial charge in [0.25, 0.3) is 0 Å². The smallest absolute Gasteiger partial charge is 0.343 e. The van der Waals surface area contributed by atoms with Crippen LogP contribution in [0, 0.1) is 5.82 Å². The number of halogens is 4. The molecule has 1 aliphatic carbocycles. The van der Waals surface area contributed by atoms with Crippen LogP contribution in [0.3, 0.4) is 0 Å². The molecule has 1 fully saturated rings. The fraction of sp³-hybridized carbons (Fsp3) is 0.440. The molecule has 0 spiro atoms. The number of hydrogen-bond donors (Lipinski definition) is 2. The molecular formula is C25H29F4N3O2. The van der Waals surface area contributed by atoms with Crippen LogP contribution in [0.2, 0.25) is 0 Å². The molecule has 0 heterocycles. The number of nitrogens with one attached hydrogen (secondary N) is 2. The molecule has 2 N–H and O–H groups in total. The standard InChI is InChI=1S/C25H29F4N3O2/c1-16(33)32(3)21-7-4-17(5-8-21)18-6-9-22(26)19(14-18)15-24(31-23(34)25(27,28)29)12-10-20(30-2)11-13-24/h4-9,14,20,30H,10-13,15H2,1-3H3,(H,31,34). The Kier molecular flexibility index (Phi) is 7.65. The van der Waals surface area contributed by atoms with E-state index in [1.807, 2.05) is 0 Å². The Morgan fingerprint density at radius 1 is 1.06 bits per heavy atom. The van der Waals surface area contributed by atoms with Gasteiger partial charge >= 0.3 is 12.1 Å². The van der Waals surface area contributed by atoms with Gasteiger partial charge in [-0.1, -0.05) is 18.2 Å². The van der Waals surface area contributed by atoms with E-state index < -0.39 is 23.4 Å². The van der Waals surface area contributed by atoms with Crippen molar-refractivity contribution < 1.29 is 27.2 Å². The lowest BCUT2D eigenvalue weighted by Gasteiger charge is -2.41. The summed E-state index contributed by atoms with van der Waals surface area (Å²) in [6.45, 7) is 1.46. The first-order valence-corrected chi connectivity index (χ1v) is 11.1. The van der Waals surface area contributed by atoms with Crippen molar-refractivity contribution in [3.05, 3.63) is 53.8 Å².